The van der Waals surface area contributed by atoms with Gasteiger partial charge in [0.2, 0.25) is 0 Å². The first-order chi connectivity index (χ1) is 8.47. The second kappa shape index (κ2) is 5.89. The van der Waals surface area contributed by atoms with Crippen LogP contribution in [0.2, 0.25) is 0 Å². The van der Waals surface area contributed by atoms with Crippen LogP contribution in [0, 0.1) is 5.41 Å². The number of fused-ring (bicyclic) bond motifs is 1. The summed E-state index contributed by atoms with van der Waals surface area (Å²) in [4.78, 5) is 5.34. The maximum atomic E-state index is 6.26. The van der Waals surface area contributed by atoms with E-state index in [4.69, 9.17) is 5.73 Å². The summed E-state index contributed by atoms with van der Waals surface area (Å²) in [5.74, 6) is 0. The molecule has 2 atom stereocenters. The minimum atomic E-state index is 0.243. The first kappa shape index (κ1) is 14.3. The summed E-state index contributed by atoms with van der Waals surface area (Å²) in [6.45, 7) is 13.0. The van der Waals surface area contributed by atoms with Gasteiger partial charge < -0.3 is 10.6 Å². The summed E-state index contributed by atoms with van der Waals surface area (Å²) in [6, 6.07) is 1.15. The molecule has 2 N–H and O–H groups in total. The van der Waals surface area contributed by atoms with Gasteiger partial charge in [0.15, 0.2) is 0 Å². The molecule has 0 aromatic carbocycles. The van der Waals surface area contributed by atoms with Gasteiger partial charge in [-0.05, 0) is 37.8 Å². The Morgan fingerprint density at radius 3 is 2.67 bits per heavy atom. The van der Waals surface area contributed by atoms with Gasteiger partial charge in [0.25, 0.3) is 0 Å². The van der Waals surface area contributed by atoms with Crippen LogP contribution in [-0.2, 0) is 0 Å². The summed E-state index contributed by atoms with van der Waals surface area (Å²) in [5, 5.41) is 0. The average Bonchev–Trinajstić information content (AvgIpc) is 2.34. The molecule has 3 heteroatoms. The smallest absolute Gasteiger partial charge is 0.0223 e. The predicted octanol–water partition coefficient (Wildman–Crippen LogP) is 1.92. The van der Waals surface area contributed by atoms with Crippen molar-refractivity contribution in [3.8, 4) is 0 Å². The minimum absolute atomic E-state index is 0.243. The van der Waals surface area contributed by atoms with Gasteiger partial charge >= 0.3 is 0 Å². The van der Waals surface area contributed by atoms with Gasteiger partial charge in [0.05, 0.1) is 0 Å². The maximum Gasteiger partial charge on any atom is 0.0223 e. The van der Waals surface area contributed by atoms with E-state index in [-0.39, 0.29) is 5.41 Å². The molecule has 2 aliphatic rings. The van der Waals surface area contributed by atoms with Crippen LogP contribution in [0.15, 0.2) is 0 Å². The van der Waals surface area contributed by atoms with Crippen molar-refractivity contribution in [1.29, 1.82) is 0 Å². The van der Waals surface area contributed by atoms with Crippen molar-refractivity contribution in [3.05, 3.63) is 0 Å². The second-order valence-corrected chi connectivity index (χ2v) is 7.25. The van der Waals surface area contributed by atoms with E-state index >= 15 is 0 Å². The Labute approximate surface area is 113 Å². The summed E-state index contributed by atoms with van der Waals surface area (Å²) >= 11 is 0. The number of hydrogen-bond donors (Lipinski definition) is 1. The minimum Gasteiger partial charge on any atom is -0.327 e. The van der Waals surface area contributed by atoms with Crippen molar-refractivity contribution in [2.24, 2.45) is 11.1 Å². The Morgan fingerprint density at radius 2 is 1.94 bits per heavy atom. The van der Waals surface area contributed by atoms with E-state index in [1.54, 1.807) is 0 Å². The first-order valence-corrected chi connectivity index (χ1v) is 7.69. The highest BCUT2D eigenvalue weighted by molar-refractivity contribution is 4.86. The molecule has 0 spiro atoms. The standard InChI is InChI=1S/C15H31N3/c1-15(2,3)14(16)7-9-17-10-11-18-8-5-4-6-13(18)12-17/h13-14H,4-12,16H2,1-3H3. The van der Waals surface area contributed by atoms with E-state index in [9.17, 15) is 0 Å². The molecule has 2 unspecified atom stereocenters. The highest BCUT2D eigenvalue weighted by Crippen LogP contribution is 2.23. The number of nitrogens with zero attached hydrogens (tertiary/aromatic N) is 2. The van der Waals surface area contributed by atoms with Crippen LogP contribution in [0.3, 0.4) is 0 Å². The zero-order valence-electron chi connectivity index (χ0n) is 12.5. The largest absolute Gasteiger partial charge is 0.327 e. The predicted molar refractivity (Wildman–Crippen MR) is 77.7 cm³/mol. The van der Waals surface area contributed by atoms with E-state index in [1.165, 1.54) is 52.0 Å². The van der Waals surface area contributed by atoms with Crippen LogP contribution in [-0.4, -0.2) is 54.6 Å². The molecule has 106 valence electrons. The SMILES string of the molecule is CC(C)(C)C(N)CCN1CCN2CCCCC2C1. The zero-order valence-corrected chi connectivity index (χ0v) is 12.5. The van der Waals surface area contributed by atoms with Gasteiger partial charge in [-0.1, -0.05) is 27.2 Å². The summed E-state index contributed by atoms with van der Waals surface area (Å²) in [5.41, 5.74) is 6.51. The Morgan fingerprint density at radius 1 is 1.17 bits per heavy atom. The van der Waals surface area contributed by atoms with E-state index in [1.807, 2.05) is 0 Å². The highest BCUT2D eigenvalue weighted by atomic mass is 15.3. The fraction of sp³-hybridized carbons (Fsp3) is 1.00. The monoisotopic (exact) mass is 253 g/mol. The normalized spacial score (nSPS) is 29.0. The molecule has 2 fully saturated rings. The van der Waals surface area contributed by atoms with Crippen molar-refractivity contribution in [3.63, 3.8) is 0 Å². The maximum absolute atomic E-state index is 6.26. The number of nitrogens with two attached hydrogens (primary N) is 1. The molecule has 0 amide bonds. The molecule has 2 aliphatic heterocycles. The molecule has 0 radical (unpaired) electrons. The average molecular weight is 253 g/mol. The third-order valence-corrected chi connectivity index (χ3v) is 4.79. The Kier molecular flexibility index (Phi) is 4.68. The van der Waals surface area contributed by atoms with E-state index < -0.39 is 0 Å². The van der Waals surface area contributed by atoms with Crippen molar-refractivity contribution in [2.75, 3.05) is 32.7 Å². The van der Waals surface area contributed by atoms with Crippen molar-refractivity contribution in [2.45, 2.75) is 58.5 Å². The third-order valence-electron chi connectivity index (χ3n) is 4.79. The van der Waals surface area contributed by atoms with Crippen LogP contribution < -0.4 is 5.73 Å². The molecular weight excluding hydrogens is 222 g/mol. The molecule has 2 heterocycles. The van der Waals surface area contributed by atoms with E-state index in [0.717, 1.165) is 12.5 Å². The summed E-state index contributed by atoms with van der Waals surface area (Å²) in [6.07, 6.45) is 5.37. The molecule has 0 aliphatic carbocycles. The fourth-order valence-electron chi connectivity index (χ4n) is 3.18. The molecule has 3 nitrogen and oxygen atoms in total. The van der Waals surface area contributed by atoms with Gasteiger partial charge in [0.1, 0.15) is 0 Å². The molecule has 0 aromatic rings. The number of rotatable bonds is 3. The topological polar surface area (TPSA) is 32.5 Å². The highest BCUT2D eigenvalue weighted by Gasteiger charge is 2.29. The molecule has 2 rings (SSSR count). The van der Waals surface area contributed by atoms with Crippen molar-refractivity contribution < 1.29 is 0 Å². The molecule has 0 saturated carbocycles. The number of hydrogen-bond acceptors (Lipinski definition) is 3. The summed E-state index contributed by atoms with van der Waals surface area (Å²) in [7, 11) is 0. The fourth-order valence-corrected chi connectivity index (χ4v) is 3.18. The van der Waals surface area contributed by atoms with E-state index in [0.29, 0.717) is 6.04 Å². The molecular formula is C15H31N3. The zero-order chi connectivity index (χ0) is 13.2. The van der Waals surface area contributed by atoms with Gasteiger partial charge in [-0.25, -0.2) is 0 Å². The molecule has 2 saturated heterocycles. The lowest BCUT2D eigenvalue weighted by Crippen LogP contribution is -2.55. The number of piperazine rings is 1. The molecule has 0 aromatic heterocycles. The van der Waals surface area contributed by atoms with Crippen LogP contribution in [0.5, 0.6) is 0 Å². The van der Waals surface area contributed by atoms with Crippen LogP contribution in [0.25, 0.3) is 0 Å². The Hall–Kier alpha value is -0.120. The van der Waals surface area contributed by atoms with Crippen LogP contribution in [0.1, 0.15) is 46.5 Å². The molecule has 0 bridgehead atoms. The quantitative estimate of drug-likeness (QED) is 0.834. The molecule has 18 heavy (non-hydrogen) atoms. The Balaban J connectivity index is 1.74. The Bertz CT molecular complexity index is 259. The second-order valence-electron chi connectivity index (χ2n) is 7.25. The first-order valence-electron chi connectivity index (χ1n) is 7.69. The van der Waals surface area contributed by atoms with Gasteiger partial charge in [-0.2, -0.15) is 0 Å². The lowest BCUT2D eigenvalue weighted by Gasteiger charge is -2.44. The van der Waals surface area contributed by atoms with Crippen molar-refractivity contribution in [1.82, 2.24) is 9.80 Å². The lowest BCUT2D eigenvalue weighted by atomic mass is 9.85. The van der Waals surface area contributed by atoms with Crippen LogP contribution >= 0.6 is 0 Å². The summed E-state index contributed by atoms with van der Waals surface area (Å²) < 4.78 is 0. The van der Waals surface area contributed by atoms with Crippen LogP contribution in [0.4, 0.5) is 0 Å². The van der Waals surface area contributed by atoms with Gasteiger partial charge in [0, 0.05) is 31.7 Å². The van der Waals surface area contributed by atoms with Gasteiger partial charge in [-0.3, -0.25) is 4.90 Å². The van der Waals surface area contributed by atoms with Crippen molar-refractivity contribution >= 4 is 0 Å². The van der Waals surface area contributed by atoms with E-state index in [2.05, 4.69) is 30.6 Å². The third kappa shape index (κ3) is 3.69. The lowest BCUT2D eigenvalue weighted by molar-refractivity contribution is 0.0464. The number of piperidine rings is 1. The van der Waals surface area contributed by atoms with Gasteiger partial charge in [-0.15, -0.1) is 0 Å².